The molecule has 0 aliphatic carbocycles. The normalized spacial score (nSPS) is 11.2. The van der Waals surface area contributed by atoms with Crippen molar-refractivity contribution in [3.8, 4) is 0 Å². The minimum absolute atomic E-state index is 0.0877. The Bertz CT molecular complexity index is 614. The Morgan fingerprint density at radius 1 is 1.30 bits per heavy atom. The van der Waals surface area contributed by atoms with Gasteiger partial charge in [0.2, 0.25) is 0 Å². The molecule has 1 heterocycles. The zero-order valence-electron chi connectivity index (χ0n) is 10.8. The van der Waals surface area contributed by atoms with Crippen LogP contribution in [0.3, 0.4) is 0 Å². The average molecular weight is 348 g/mol. The summed E-state index contributed by atoms with van der Waals surface area (Å²) in [6.45, 7) is 4.07. The van der Waals surface area contributed by atoms with Gasteiger partial charge in [-0.3, -0.25) is 4.79 Å². The molecule has 0 radical (unpaired) electrons. The average Bonchev–Trinajstić information content (AvgIpc) is 2.98. The van der Waals surface area contributed by atoms with Crippen LogP contribution in [0.25, 0.3) is 11.6 Å². The summed E-state index contributed by atoms with van der Waals surface area (Å²) in [5.41, 5.74) is 1.66. The smallest absolute Gasteiger partial charge is 0.252 e. The fraction of sp³-hybridized carbons (Fsp3) is 0.0625. The molecule has 20 heavy (non-hydrogen) atoms. The molecule has 102 valence electrons. The van der Waals surface area contributed by atoms with Gasteiger partial charge in [-0.15, -0.1) is 17.9 Å². The number of carbonyl (C=O) groups is 1. The van der Waals surface area contributed by atoms with Crippen LogP contribution < -0.4 is 5.32 Å². The largest absolute Gasteiger partial charge is 0.349 e. The Labute approximate surface area is 131 Å². The van der Waals surface area contributed by atoms with Crippen LogP contribution in [0.1, 0.15) is 10.4 Å². The van der Waals surface area contributed by atoms with E-state index in [4.69, 9.17) is 0 Å². The highest BCUT2D eigenvalue weighted by atomic mass is 79.9. The number of carbonyl (C=O) groups excluding carboxylic acids is 1. The van der Waals surface area contributed by atoms with Crippen LogP contribution in [0.2, 0.25) is 0 Å². The fourth-order valence-electron chi connectivity index (χ4n) is 1.67. The highest BCUT2D eigenvalue weighted by molar-refractivity contribution is 9.10. The first-order chi connectivity index (χ1) is 9.70. The van der Waals surface area contributed by atoms with Crippen molar-refractivity contribution in [2.24, 2.45) is 0 Å². The van der Waals surface area contributed by atoms with E-state index in [-0.39, 0.29) is 5.91 Å². The molecule has 0 unspecified atom stereocenters. The molecule has 0 saturated heterocycles. The van der Waals surface area contributed by atoms with Crippen LogP contribution >= 0.6 is 27.3 Å². The summed E-state index contributed by atoms with van der Waals surface area (Å²) in [5.74, 6) is -0.0877. The summed E-state index contributed by atoms with van der Waals surface area (Å²) in [5, 5.41) is 4.79. The maximum atomic E-state index is 12.2. The van der Waals surface area contributed by atoms with Gasteiger partial charge in [-0.2, -0.15) is 0 Å². The maximum Gasteiger partial charge on any atom is 0.252 e. The summed E-state index contributed by atoms with van der Waals surface area (Å²) in [6, 6.07) is 11.7. The van der Waals surface area contributed by atoms with Crippen LogP contribution in [-0.2, 0) is 4.79 Å². The van der Waals surface area contributed by atoms with E-state index in [1.807, 2.05) is 47.9 Å². The second kappa shape index (κ2) is 7.22. The Hall–Kier alpha value is -1.65. The molecule has 1 N–H and O–H groups in total. The van der Waals surface area contributed by atoms with Gasteiger partial charge in [-0.1, -0.05) is 40.2 Å². The van der Waals surface area contributed by atoms with Gasteiger partial charge < -0.3 is 5.32 Å². The molecule has 0 spiro atoms. The summed E-state index contributed by atoms with van der Waals surface area (Å²) in [4.78, 5) is 13.2. The Kier molecular flexibility index (Phi) is 5.32. The Balaban J connectivity index is 2.33. The van der Waals surface area contributed by atoms with Gasteiger partial charge in [0.05, 0.1) is 5.57 Å². The first-order valence-electron chi connectivity index (χ1n) is 6.11. The first kappa shape index (κ1) is 14.8. The van der Waals surface area contributed by atoms with Gasteiger partial charge in [-0.05, 0) is 35.2 Å². The summed E-state index contributed by atoms with van der Waals surface area (Å²) < 4.78 is 1.02. The van der Waals surface area contributed by atoms with Crippen LogP contribution in [0, 0.1) is 0 Å². The van der Waals surface area contributed by atoms with Gasteiger partial charge in [0.1, 0.15) is 0 Å². The molecule has 0 atom stereocenters. The van der Waals surface area contributed by atoms with E-state index in [0.717, 1.165) is 14.9 Å². The van der Waals surface area contributed by atoms with Crippen LogP contribution in [0.15, 0.2) is 58.9 Å². The summed E-state index contributed by atoms with van der Waals surface area (Å²) in [7, 11) is 0. The lowest BCUT2D eigenvalue weighted by Gasteiger charge is -2.06. The van der Waals surface area contributed by atoms with Gasteiger partial charge in [-0.25, -0.2) is 0 Å². The standard InChI is InChI=1S/C16H14BrNOS/c1-2-9-18-16(19)14(15-4-3-10-20-15)11-12-5-7-13(17)8-6-12/h2-8,10-11H,1,9H2,(H,18,19)/b14-11+. The predicted octanol–water partition coefficient (Wildman–Crippen LogP) is 4.35. The lowest BCUT2D eigenvalue weighted by Crippen LogP contribution is -2.23. The topological polar surface area (TPSA) is 29.1 Å². The fourth-order valence-corrected chi connectivity index (χ4v) is 2.67. The lowest BCUT2D eigenvalue weighted by molar-refractivity contribution is -0.115. The van der Waals surface area contributed by atoms with Gasteiger partial charge in [0, 0.05) is 15.9 Å². The van der Waals surface area contributed by atoms with E-state index >= 15 is 0 Å². The van der Waals surface area contributed by atoms with E-state index in [2.05, 4.69) is 27.8 Å². The molecule has 2 aromatic rings. The SMILES string of the molecule is C=CCNC(=O)/C(=C/c1ccc(Br)cc1)c1cccs1. The van der Waals surface area contributed by atoms with Crippen molar-refractivity contribution in [1.29, 1.82) is 0 Å². The zero-order valence-corrected chi connectivity index (χ0v) is 13.2. The molecular weight excluding hydrogens is 334 g/mol. The van der Waals surface area contributed by atoms with Crippen molar-refractivity contribution < 1.29 is 4.79 Å². The van der Waals surface area contributed by atoms with Crippen molar-refractivity contribution in [2.75, 3.05) is 6.54 Å². The van der Waals surface area contributed by atoms with Gasteiger partial charge in [0.25, 0.3) is 5.91 Å². The Morgan fingerprint density at radius 3 is 2.65 bits per heavy atom. The molecule has 4 heteroatoms. The summed E-state index contributed by atoms with van der Waals surface area (Å²) >= 11 is 4.96. The number of nitrogens with one attached hydrogen (secondary N) is 1. The molecule has 2 nitrogen and oxygen atoms in total. The highest BCUT2D eigenvalue weighted by Crippen LogP contribution is 2.23. The third-order valence-electron chi connectivity index (χ3n) is 2.62. The van der Waals surface area contributed by atoms with E-state index < -0.39 is 0 Å². The number of benzene rings is 1. The van der Waals surface area contributed by atoms with Gasteiger partial charge >= 0.3 is 0 Å². The van der Waals surface area contributed by atoms with Gasteiger partial charge in [0.15, 0.2) is 0 Å². The number of hydrogen-bond donors (Lipinski definition) is 1. The maximum absolute atomic E-state index is 12.2. The summed E-state index contributed by atoms with van der Waals surface area (Å²) in [6.07, 6.45) is 3.57. The molecule has 1 aromatic carbocycles. The van der Waals surface area contributed by atoms with Crippen molar-refractivity contribution >= 4 is 44.8 Å². The number of thiophene rings is 1. The molecule has 1 aromatic heterocycles. The predicted molar refractivity (Wildman–Crippen MR) is 89.5 cm³/mol. The molecule has 0 aliphatic rings. The monoisotopic (exact) mass is 347 g/mol. The van der Waals surface area contributed by atoms with E-state index in [1.54, 1.807) is 17.4 Å². The molecule has 0 fully saturated rings. The molecule has 2 rings (SSSR count). The highest BCUT2D eigenvalue weighted by Gasteiger charge is 2.12. The molecule has 0 saturated carbocycles. The molecule has 0 bridgehead atoms. The second-order valence-electron chi connectivity index (χ2n) is 4.09. The first-order valence-corrected chi connectivity index (χ1v) is 7.78. The van der Waals surface area contributed by atoms with E-state index in [0.29, 0.717) is 12.1 Å². The molecular formula is C16H14BrNOS. The number of rotatable bonds is 5. The van der Waals surface area contributed by atoms with Crippen molar-refractivity contribution in [2.45, 2.75) is 0 Å². The number of amides is 1. The lowest BCUT2D eigenvalue weighted by atomic mass is 10.1. The van der Waals surface area contributed by atoms with Crippen molar-refractivity contribution in [3.05, 3.63) is 69.3 Å². The van der Waals surface area contributed by atoms with E-state index in [1.165, 1.54) is 0 Å². The third-order valence-corrected chi connectivity index (χ3v) is 4.05. The second-order valence-corrected chi connectivity index (χ2v) is 5.95. The number of halogens is 1. The Morgan fingerprint density at radius 2 is 2.05 bits per heavy atom. The minimum Gasteiger partial charge on any atom is -0.349 e. The van der Waals surface area contributed by atoms with Crippen LogP contribution in [0.5, 0.6) is 0 Å². The molecule has 0 aliphatic heterocycles. The van der Waals surface area contributed by atoms with Crippen molar-refractivity contribution in [1.82, 2.24) is 5.32 Å². The quantitative estimate of drug-likeness (QED) is 0.632. The zero-order chi connectivity index (χ0) is 14.4. The number of hydrogen-bond acceptors (Lipinski definition) is 2. The molecule has 1 amide bonds. The van der Waals surface area contributed by atoms with Crippen LogP contribution in [-0.4, -0.2) is 12.5 Å². The third kappa shape index (κ3) is 3.92. The minimum atomic E-state index is -0.0877. The van der Waals surface area contributed by atoms with E-state index in [9.17, 15) is 4.79 Å². The van der Waals surface area contributed by atoms with Crippen LogP contribution in [0.4, 0.5) is 0 Å². The van der Waals surface area contributed by atoms with Crippen molar-refractivity contribution in [3.63, 3.8) is 0 Å².